The zero-order chi connectivity index (χ0) is 35.1. The molecule has 8 nitrogen and oxygen atoms in total. The molecule has 1 aliphatic rings. The van der Waals surface area contributed by atoms with Crippen molar-refractivity contribution in [3.05, 3.63) is 81.9 Å². The molecular weight excluding hydrogens is 671 g/mol. The predicted octanol–water partition coefficient (Wildman–Crippen LogP) is 7.36. The van der Waals surface area contributed by atoms with Gasteiger partial charge in [0.2, 0.25) is 0 Å². The Hall–Kier alpha value is -3.77. The number of alkyl halides is 9. The Balaban J connectivity index is 1.94. The second kappa shape index (κ2) is 13.0. The molecule has 2 heterocycles. The van der Waals surface area contributed by atoms with E-state index in [0.29, 0.717) is 12.1 Å². The van der Waals surface area contributed by atoms with E-state index in [1.165, 1.54) is 6.92 Å². The maximum absolute atomic E-state index is 13.8. The number of nitrogens with two attached hydrogens (primary N) is 1. The number of benzene rings is 2. The Labute approximate surface area is 264 Å². The molecule has 0 fully saturated rings. The largest absolute Gasteiger partial charge is 0.449 e. The molecule has 0 saturated carbocycles. The van der Waals surface area contributed by atoms with Crippen molar-refractivity contribution in [3.8, 4) is 0 Å². The maximum atomic E-state index is 13.8. The van der Waals surface area contributed by atoms with Crippen LogP contribution in [0.4, 0.5) is 50.0 Å². The molecule has 0 spiro atoms. The SMILES string of the molecule is CCOC(=O)N1c2ccc(C(F)(F)F)cc2[C@@H](c2ncc(S(=O)OC)c(Cc3cc(C(F)(F)F)cc(C(F)(F)F)c3)n2)C[C@@]1(N)CC. The van der Waals surface area contributed by atoms with Gasteiger partial charge in [-0.05, 0) is 67.3 Å². The summed E-state index contributed by atoms with van der Waals surface area (Å²) in [6, 6.07) is 3.44. The highest BCUT2D eigenvalue weighted by atomic mass is 32.2. The van der Waals surface area contributed by atoms with E-state index in [9.17, 15) is 48.5 Å². The number of amides is 1. The lowest BCUT2D eigenvalue weighted by molar-refractivity contribution is -0.143. The molecular formula is C29H27F9N4O4S. The van der Waals surface area contributed by atoms with Crippen LogP contribution in [-0.2, 0) is 45.0 Å². The standard InChI is InChI=1S/C29H27F9N4O4S/c1-4-26(39)13-20(19-12-16(27(30,31)32)6-7-22(19)42(26)25(43)46-5-2)24-40-14-23(47(44)45-3)21(41-24)10-15-8-17(28(33,34)35)11-18(9-15)29(36,37)38/h6-9,11-12,14,20H,4-5,10,13,39H2,1-3H3/t20-,26+,47?/m0/s1. The molecule has 2 aromatic carbocycles. The van der Waals surface area contributed by atoms with Crippen molar-refractivity contribution in [1.29, 1.82) is 0 Å². The summed E-state index contributed by atoms with van der Waals surface area (Å²) < 4.78 is 145. The number of rotatable bonds is 7. The van der Waals surface area contributed by atoms with Crippen LogP contribution in [-0.4, -0.2) is 39.6 Å². The third kappa shape index (κ3) is 7.54. The summed E-state index contributed by atoms with van der Waals surface area (Å²) in [5.74, 6) is -1.42. The second-order valence-electron chi connectivity index (χ2n) is 10.6. The highest BCUT2D eigenvalue weighted by Crippen LogP contribution is 2.47. The molecule has 0 bridgehead atoms. The number of aromatic nitrogens is 2. The van der Waals surface area contributed by atoms with Gasteiger partial charge in [-0.15, -0.1) is 0 Å². The summed E-state index contributed by atoms with van der Waals surface area (Å²) in [5, 5.41) is 0. The molecule has 1 aromatic heterocycles. The third-order valence-electron chi connectivity index (χ3n) is 7.55. The minimum Gasteiger partial charge on any atom is -0.449 e. The normalized spacial score (nSPS) is 19.3. The molecule has 47 heavy (non-hydrogen) atoms. The average Bonchev–Trinajstić information content (AvgIpc) is 2.98. The molecule has 1 amide bonds. The molecule has 1 aliphatic heterocycles. The van der Waals surface area contributed by atoms with Gasteiger partial charge in [-0.1, -0.05) is 6.92 Å². The van der Waals surface area contributed by atoms with Crippen LogP contribution in [0.3, 0.4) is 0 Å². The van der Waals surface area contributed by atoms with Gasteiger partial charge >= 0.3 is 24.6 Å². The number of carbonyl (C=O) groups excluding carboxylic acids is 1. The van der Waals surface area contributed by atoms with Gasteiger partial charge < -0.3 is 10.5 Å². The smallest absolute Gasteiger partial charge is 0.416 e. The first-order chi connectivity index (χ1) is 21.7. The predicted molar refractivity (Wildman–Crippen MR) is 149 cm³/mol. The number of ether oxygens (including phenoxy) is 1. The minimum absolute atomic E-state index is 0.0544. The van der Waals surface area contributed by atoms with Gasteiger partial charge in [0.15, 0.2) is 11.1 Å². The van der Waals surface area contributed by atoms with Gasteiger partial charge in [0.05, 0.1) is 41.8 Å². The van der Waals surface area contributed by atoms with Gasteiger partial charge in [-0.3, -0.25) is 9.08 Å². The number of anilines is 1. The Kier molecular flexibility index (Phi) is 10.00. The van der Waals surface area contributed by atoms with Crippen molar-refractivity contribution in [2.75, 3.05) is 18.6 Å². The van der Waals surface area contributed by atoms with Crippen LogP contribution in [0.1, 0.15) is 71.9 Å². The fourth-order valence-corrected chi connectivity index (χ4v) is 5.90. The number of nitrogens with zero attached hydrogens (tertiary/aromatic N) is 3. The molecule has 2 N–H and O–H groups in total. The summed E-state index contributed by atoms with van der Waals surface area (Å²) in [6.07, 6.45) is -16.0. The summed E-state index contributed by atoms with van der Waals surface area (Å²) in [5.41, 5.74) is -0.192. The van der Waals surface area contributed by atoms with Crippen molar-refractivity contribution in [3.63, 3.8) is 0 Å². The van der Waals surface area contributed by atoms with Gasteiger partial charge in [-0.2, -0.15) is 39.5 Å². The van der Waals surface area contributed by atoms with Crippen LogP contribution in [0, 0.1) is 0 Å². The molecule has 3 atom stereocenters. The molecule has 4 rings (SSSR count). The van der Waals surface area contributed by atoms with E-state index < -0.39 is 76.0 Å². The van der Waals surface area contributed by atoms with Crippen molar-refractivity contribution in [1.82, 2.24) is 9.97 Å². The number of fused-ring (bicyclic) bond motifs is 1. The fourth-order valence-electron chi connectivity index (χ4n) is 5.27. The number of hydrogen-bond donors (Lipinski definition) is 1. The van der Waals surface area contributed by atoms with E-state index in [1.807, 2.05) is 0 Å². The van der Waals surface area contributed by atoms with Crippen molar-refractivity contribution in [2.24, 2.45) is 5.73 Å². The minimum atomic E-state index is -5.15. The van der Waals surface area contributed by atoms with Gasteiger partial charge in [0.1, 0.15) is 16.4 Å². The third-order valence-corrected chi connectivity index (χ3v) is 8.55. The lowest BCUT2D eigenvalue weighted by Gasteiger charge is -2.46. The fraction of sp³-hybridized carbons (Fsp3) is 0.414. The molecule has 256 valence electrons. The van der Waals surface area contributed by atoms with Crippen molar-refractivity contribution in [2.45, 2.75) is 68.1 Å². The Morgan fingerprint density at radius 3 is 2.09 bits per heavy atom. The van der Waals surface area contributed by atoms with E-state index in [-0.39, 0.29) is 53.2 Å². The van der Waals surface area contributed by atoms with Crippen LogP contribution in [0.5, 0.6) is 0 Å². The van der Waals surface area contributed by atoms with Crippen molar-refractivity contribution < 1.29 is 57.4 Å². The molecule has 1 unspecified atom stereocenters. The highest BCUT2D eigenvalue weighted by Gasteiger charge is 2.47. The number of hydrogen-bond acceptors (Lipinski definition) is 7. The van der Waals surface area contributed by atoms with Crippen LogP contribution >= 0.6 is 0 Å². The lowest BCUT2D eigenvalue weighted by atomic mass is 9.80. The monoisotopic (exact) mass is 698 g/mol. The van der Waals surface area contributed by atoms with Crippen LogP contribution in [0.2, 0.25) is 0 Å². The second-order valence-corrected chi connectivity index (χ2v) is 11.8. The summed E-state index contributed by atoms with van der Waals surface area (Å²) in [7, 11) is 1.02. The first-order valence-electron chi connectivity index (χ1n) is 13.8. The quantitative estimate of drug-likeness (QED) is 0.257. The molecule has 3 aromatic rings. The summed E-state index contributed by atoms with van der Waals surface area (Å²) in [6.45, 7) is 3.05. The first-order valence-corrected chi connectivity index (χ1v) is 14.9. The summed E-state index contributed by atoms with van der Waals surface area (Å²) >= 11 is -2.34. The number of halogens is 9. The Bertz CT molecular complexity index is 1650. The average molecular weight is 699 g/mol. The van der Waals surface area contributed by atoms with E-state index in [4.69, 9.17) is 14.7 Å². The first kappa shape index (κ1) is 36.1. The molecule has 0 aliphatic carbocycles. The maximum Gasteiger partial charge on any atom is 0.416 e. The van der Waals surface area contributed by atoms with Crippen LogP contribution in [0.25, 0.3) is 0 Å². The Morgan fingerprint density at radius 2 is 1.57 bits per heavy atom. The van der Waals surface area contributed by atoms with E-state index in [0.717, 1.165) is 36.4 Å². The molecule has 18 heteroatoms. The zero-order valence-corrected chi connectivity index (χ0v) is 25.6. The van der Waals surface area contributed by atoms with E-state index in [1.54, 1.807) is 6.92 Å². The van der Waals surface area contributed by atoms with E-state index >= 15 is 0 Å². The van der Waals surface area contributed by atoms with Crippen molar-refractivity contribution >= 4 is 22.9 Å². The Morgan fingerprint density at radius 1 is 0.979 bits per heavy atom. The highest BCUT2D eigenvalue weighted by molar-refractivity contribution is 7.80. The molecule has 0 radical (unpaired) electrons. The van der Waals surface area contributed by atoms with Gasteiger partial charge in [0, 0.05) is 18.5 Å². The number of carbonyl (C=O) groups is 1. The summed E-state index contributed by atoms with van der Waals surface area (Å²) in [4.78, 5) is 22.2. The van der Waals surface area contributed by atoms with Crippen LogP contribution in [0.15, 0.2) is 47.5 Å². The van der Waals surface area contributed by atoms with Crippen LogP contribution < -0.4 is 10.6 Å². The topological polar surface area (TPSA) is 108 Å². The van der Waals surface area contributed by atoms with Gasteiger partial charge in [-0.25, -0.2) is 19.0 Å². The van der Waals surface area contributed by atoms with Gasteiger partial charge in [0.25, 0.3) is 0 Å². The lowest BCUT2D eigenvalue weighted by Crippen LogP contribution is -2.61. The molecule has 0 saturated heterocycles. The zero-order valence-electron chi connectivity index (χ0n) is 24.8. The van der Waals surface area contributed by atoms with E-state index in [2.05, 4.69) is 9.97 Å².